The molecule has 0 bridgehead atoms. The van der Waals surface area contributed by atoms with Crippen LogP contribution in [-0.4, -0.2) is 23.5 Å². The minimum atomic E-state index is -0.830. The summed E-state index contributed by atoms with van der Waals surface area (Å²) in [4.78, 5) is 22.3. The Kier molecular flexibility index (Phi) is 6.01. The van der Waals surface area contributed by atoms with E-state index in [2.05, 4.69) is 5.32 Å². The highest BCUT2D eigenvalue weighted by atomic mass is 16.4. The number of aliphatic carboxylic acids is 1. The summed E-state index contributed by atoms with van der Waals surface area (Å²) in [6.07, 6.45) is 7.14. The molecule has 1 atom stereocenters. The maximum absolute atomic E-state index is 11.5. The fraction of sp³-hybridized carbons (Fsp3) is 0.846. The number of rotatable bonds is 7. The van der Waals surface area contributed by atoms with Gasteiger partial charge in [-0.05, 0) is 18.8 Å². The van der Waals surface area contributed by atoms with E-state index < -0.39 is 11.9 Å². The van der Waals surface area contributed by atoms with Crippen LogP contribution < -0.4 is 5.32 Å². The van der Waals surface area contributed by atoms with Crippen molar-refractivity contribution < 1.29 is 14.7 Å². The van der Waals surface area contributed by atoms with Gasteiger partial charge in [-0.2, -0.15) is 0 Å². The predicted octanol–water partition coefficient (Wildman–Crippen LogP) is 2.18. The predicted molar refractivity (Wildman–Crippen MR) is 65.6 cm³/mol. The van der Waals surface area contributed by atoms with Crippen molar-refractivity contribution in [2.45, 2.75) is 51.9 Å². The molecule has 0 radical (unpaired) electrons. The van der Waals surface area contributed by atoms with Gasteiger partial charge in [0.25, 0.3) is 0 Å². The van der Waals surface area contributed by atoms with Crippen molar-refractivity contribution in [3.05, 3.63) is 0 Å². The molecule has 98 valence electrons. The van der Waals surface area contributed by atoms with Crippen LogP contribution in [0.15, 0.2) is 0 Å². The smallest absolute Gasteiger partial charge is 0.308 e. The molecule has 4 heteroatoms. The van der Waals surface area contributed by atoms with Crippen LogP contribution in [-0.2, 0) is 9.59 Å². The first kappa shape index (κ1) is 14.0. The summed E-state index contributed by atoms with van der Waals surface area (Å²) in [6.45, 7) is 2.08. The number of carbonyl (C=O) groups excluding carboxylic acids is 1. The van der Waals surface area contributed by atoms with Crippen molar-refractivity contribution in [2.75, 3.05) is 6.54 Å². The Balaban J connectivity index is 2.13. The van der Waals surface area contributed by atoms with E-state index in [1.54, 1.807) is 0 Å². The average Bonchev–Trinajstić information content (AvgIpc) is 2.79. The van der Waals surface area contributed by atoms with Crippen molar-refractivity contribution in [3.63, 3.8) is 0 Å². The van der Waals surface area contributed by atoms with Crippen LogP contribution >= 0.6 is 0 Å². The number of carboxylic acids is 1. The third-order valence-corrected chi connectivity index (χ3v) is 3.64. The monoisotopic (exact) mass is 241 g/mol. The lowest BCUT2D eigenvalue weighted by molar-refractivity contribution is -0.141. The topological polar surface area (TPSA) is 66.4 Å². The van der Waals surface area contributed by atoms with E-state index in [1.807, 2.05) is 6.92 Å². The van der Waals surface area contributed by atoms with Gasteiger partial charge in [0.1, 0.15) is 0 Å². The van der Waals surface area contributed by atoms with Crippen LogP contribution in [0.25, 0.3) is 0 Å². The molecule has 0 saturated heterocycles. The average molecular weight is 241 g/mol. The molecule has 1 amide bonds. The standard InChI is InChI=1S/C13H23NO3/c1-2-11(13(16)17)9-14-12(15)8-7-10-5-3-4-6-10/h10-11H,2-9H2,1H3,(H,14,15)(H,16,17). The first-order valence-corrected chi connectivity index (χ1v) is 6.63. The number of hydrogen-bond donors (Lipinski definition) is 2. The molecule has 1 saturated carbocycles. The van der Waals surface area contributed by atoms with Gasteiger partial charge in [-0.15, -0.1) is 0 Å². The zero-order chi connectivity index (χ0) is 12.7. The van der Waals surface area contributed by atoms with Crippen molar-refractivity contribution >= 4 is 11.9 Å². The molecule has 0 aromatic rings. The van der Waals surface area contributed by atoms with E-state index in [9.17, 15) is 9.59 Å². The highest BCUT2D eigenvalue weighted by molar-refractivity contribution is 5.77. The second-order valence-electron chi connectivity index (χ2n) is 4.94. The third kappa shape index (κ3) is 5.20. The van der Waals surface area contributed by atoms with Crippen molar-refractivity contribution in [1.82, 2.24) is 5.32 Å². The molecule has 0 aromatic carbocycles. The van der Waals surface area contributed by atoms with Gasteiger partial charge in [-0.25, -0.2) is 0 Å². The molecule has 0 aliphatic heterocycles. The summed E-state index contributed by atoms with van der Waals surface area (Å²) in [5.41, 5.74) is 0. The molecule has 1 rings (SSSR count). The van der Waals surface area contributed by atoms with Gasteiger partial charge in [-0.1, -0.05) is 32.6 Å². The highest BCUT2D eigenvalue weighted by Crippen LogP contribution is 2.28. The number of amides is 1. The fourth-order valence-corrected chi connectivity index (χ4v) is 2.37. The molecule has 1 aliphatic carbocycles. The van der Waals surface area contributed by atoms with E-state index in [1.165, 1.54) is 25.7 Å². The molecule has 0 spiro atoms. The molecule has 1 unspecified atom stereocenters. The Labute approximate surface area is 103 Å². The van der Waals surface area contributed by atoms with Crippen LogP contribution in [0.1, 0.15) is 51.9 Å². The van der Waals surface area contributed by atoms with E-state index >= 15 is 0 Å². The molecular weight excluding hydrogens is 218 g/mol. The summed E-state index contributed by atoms with van der Waals surface area (Å²) in [5.74, 6) is -0.576. The maximum Gasteiger partial charge on any atom is 0.308 e. The van der Waals surface area contributed by atoms with E-state index in [0.29, 0.717) is 18.8 Å². The van der Waals surface area contributed by atoms with Gasteiger partial charge in [0.05, 0.1) is 5.92 Å². The Morgan fingerprint density at radius 2 is 2.00 bits per heavy atom. The fourth-order valence-electron chi connectivity index (χ4n) is 2.37. The first-order valence-electron chi connectivity index (χ1n) is 6.63. The molecule has 2 N–H and O–H groups in total. The number of nitrogens with one attached hydrogen (secondary N) is 1. The summed E-state index contributed by atoms with van der Waals surface area (Å²) >= 11 is 0. The first-order chi connectivity index (χ1) is 8.13. The van der Waals surface area contributed by atoms with Crippen LogP contribution in [0.5, 0.6) is 0 Å². The Hall–Kier alpha value is -1.06. The van der Waals surface area contributed by atoms with Crippen LogP contribution in [0.2, 0.25) is 0 Å². The Morgan fingerprint density at radius 1 is 1.35 bits per heavy atom. The van der Waals surface area contributed by atoms with Crippen LogP contribution in [0, 0.1) is 11.8 Å². The minimum Gasteiger partial charge on any atom is -0.481 e. The van der Waals surface area contributed by atoms with Crippen LogP contribution in [0.3, 0.4) is 0 Å². The molecule has 1 aliphatic rings. The molecule has 1 fully saturated rings. The van der Waals surface area contributed by atoms with Gasteiger partial charge in [0, 0.05) is 13.0 Å². The summed E-state index contributed by atoms with van der Waals surface area (Å²) < 4.78 is 0. The summed E-state index contributed by atoms with van der Waals surface area (Å²) in [5, 5.41) is 11.6. The molecule has 0 heterocycles. The number of carbonyl (C=O) groups is 2. The van der Waals surface area contributed by atoms with Gasteiger partial charge in [0.15, 0.2) is 0 Å². The second-order valence-corrected chi connectivity index (χ2v) is 4.94. The van der Waals surface area contributed by atoms with Crippen molar-refractivity contribution in [2.24, 2.45) is 11.8 Å². The van der Waals surface area contributed by atoms with E-state index in [0.717, 1.165) is 6.42 Å². The summed E-state index contributed by atoms with van der Waals surface area (Å²) in [6, 6.07) is 0. The zero-order valence-electron chi connectivity index (χ0n) is 10.6. The Morgan fingerprint density at radius 3 is 2.53 bits per heavy atom. The summed E-state index contributed by atoms with van der Waals surface area (Å²) in [7, 11) is 0. The zero-order valence-corrected chi connectivity index (χ0v) is 10.6. The normalized spacial score (nSPS) is 17.9. The SMILES string of the molecule is CCC(CNC(=O)CCC1CCCC1)C(=O)O. The largest absolute Gasteiger partial charge is 0.481 e. The van der Waals surface area contributed by atoms with Gasteiger partial charge < -0.3 is 10.4 Å². The minimum absolute atomic E-state index is 0.00315. The van der Waals surface area contributed by atoms with Gasteiger partial charge >= 0.3 is 5.97 Å². The second kappa shape index (κ2) is 7.30. The van der Waals surface area contributed by atoms with Crippen molar-refractivity contribution in [1.29, 1.82) is 0 Å². The lowest BCUT2D eigenvalue weighted by Gasteiger charge is -2.12. The lowest BCUT2D eigenvalue weighted by Crippen LogP contribution is -2.32. The molecule has 0 aromatic heterocycles. The van der Waals surface area contributed by atoms with Crippen molar-refractivity contribution in [3.8, 4) is 0 Å². The molecular formula is C13H23NO3. The molecule has 4 nitrogen and oxygen atoms in total. The maximum atomic E-state index is 11.5. The van der Waals surface area contributed by atoms with E-state index in [4.69, 9.17) is 5.11 Å². The Bertz CT molecular complexity index is 259. The molecule has 17 heavy (non-hydrogen) atoms. The quantitative estimate of drug-likeness (QED) is 0.718. The van der Waals surface area contributed by atoms with Gasteiger partial charge in [0.2, 0.25) is 5.91 Å². The number of carboxylic acid groups (broad SMARTS) is 1. The lowest BCUT2D eigenvalue weighted by atomic mass is 10.0. The van der Waals surface area contributed by atoms with E-state index in [-0.39, 0.29) is 12.5 Å². The highest BCUT2D eigenvalue weighted by Gasteiger charge is 2.18. The van der Waals surface area contributed by atoms with Gasteiger partial charge in [-0.3, -0.25) is 9.59 Å². The number of hydrogen-bond acceptors (Lipinski definition) is 2. The third-order valence-electron chi connectivity index (χ3n) is 3.64. The van der Waals surface area contributed by atoms with Crippen LogP contribution in [0.4, 0.5) is 0 Å².